The van der Waals surface area contributed by atoms with Crippen molar-refractivity contribution in [1.29, 1.82) is 0 Å². The van der Waals surface area contributed by atoms with Crippen molar-refractivity contribution in [2.24, 2.45) is 0 Å². The highest BCUT2D eigenvalue weighted by Gasteiger charge is 2.23. The molecule has 1 saturated heterocycles. The molecule has 3 rings (SSSR count). The molecule has 0 saturated carbocycles. The van der Waals surface area contributed by atoms with Crippen molar-refractivity contribution in [3.05, 3.63) is 41.7 Å². The van der Waals surface area contributed by atoms with Crippen LogP contribution in [0.5, 0.6) is 0 Å². The number of aromatic nitrogens is 4. The first-order chi connectivity index (χ1) is 11.1. The molecule has 1 fully saturated rings. The van der Waals surface area contributed by atoms with Gasteiger partial charge in [-0.3, -0.25) is 4.79 Å². The Labute approximate surface area is 135 Å². The molecule has 0 radical (unpaired) electrons. The summed E-state index contributed by atoms with van der Waals surface area (Å²) in [6.07, 6.45) is 4.69. The minimum Gasteiger partial charge on any atom is -0.348 e. The summed E-state index contributed by atoms with van der Waals surface area (Å²) in [5, 5.41) is 3.03. The Bertz CT molecular complexity index is 662. The van der Waals surface area contributed by atoms with Gasteiger partial charge in [-0.25, -0.2) is 19.9 Å². The number of carbonyl (C=O) groups is 1. The Kier molecular flexibility index (Phi) is 4.45. The first kappa shape index (κ1) is 15.3. The van der Waals surface area contributed by atoms with Gasteiger partial charge in [-0.2, -0.15) is 0 Å². The zero-order valence-electron chi connectivity index (χ0n) is 13.4. The molecule has 3 heterocycles. The number of hydrogen-bond donors (Lipinski definition) is 1. The molecule has 120 valence electrons. The highest BCUT2D eigenvalue weighted by atomic mass is 16.1. The molecule has 0 aliphatic carbocycles. The van der Waals surface area contributed by atoms with Gasteiger partial charge in [0.15, 0.2) is 0 Å². The fourth-order valence-electron chi connectivity index (χ4n) is 2.76. The number of amides is 1. The quantitative estimate of drug-likeness (QED) is 0.919. The Morgan fingerprint density at radius 2 is 1.91 bits per heavy atom. The third kappa shape index (κ3) is 3.80. The summed E-state index contributed by atoms with van der Waals surface area (Å²) in [4.78, 5) is 31.1. The molecule has 1 aliphatic heterocycles. The molecule has 7 nitrogen and oxygen atoms in total. The maximum Gasteiger partial charge on any atom is 0.270 e. The van der Waals surface area contributed by atoms with Crippen molar-refractivity contribution in [2.75, 3.05) is 18.0 Å². The summed E-state index contributed by atoms with van der Waals surface area (Å²) >= 11 is 0. The van der Waals surface area contributed by atoms with Gasteiger partial charge in [-0.05, 0) is 38.8 Å². The van der Waals surface area contributed by atoms with Gasteiger partial charge in [0.2, 0.25) is 5.95 Å². The summed E-state index contributed by atoms with van der Waals surface area (Å²) in [6.45, 7) is 5.62. The van der Waals surface area contributed by atoms with E-state index < -0.39 is 0 Å². The van der Waals surface area contributed by atoms with E-state index in [0.717, 1.165) is 43.3 Å². The van der Waals surface area contributed by atoms with Crippen LogP contribution in [0.4, 0.5) is 5.95 Å². The molecule has 2 aromatic heterocycles. The Morgan fingerprint density at radius 3 is 2.52 bits per heavy atom. The molecule has 2 aromatic rings. The lowest BCUT2D eigenvalue weighted by molar-refractivity contribution is 0.0926. The average Bonchev–Trinajstić information content (AvgIpc) is 2.55. The van der Waals surface area contributed by atoms with E-state index in [1.807, 2.05) is 19.9 Å². The summed E-state index contributed by atoms with van der Waals surface area (Å²) in [5.41, 5.74) is 2.36. The third-order valence-corrected chi connectivity index (χ3v) is 3.90. The van der Waals surface area contributed by atoms with E-state index in [1.165, 1.54) is 6.33 Å². The largest absolute Gasteiger partial charge is 0.348 e. The highest BCUT2D eigenvalue weighted by molar-refractivity contribution is 5.92. The molecule has 0 atom stereocenters. The number of aryl methyl sites for hydroxylation is 2. The second-order valence-electron chi connectivity index (χ2n) is 5.78. The second kappa shape index (κ2) is 6.68. The van der Waals surface area contributed by atoms with Crippen molar-refractivity contribution in [1.82, 2.24) is 25.3 Å². The van der Waals surface area contributed by atoms with Crippen LogP contribution in [0.1, 0.15) is 34.7 Å². The Hall–Kier alpha value is -2.57. The van der Waals surface area contributed by atoms with Crippen molar-refractivity contribution in [3.8, 4) is 0 Å². The van der Waals surface area contributed by atoms with Crippen LogP contribution >= 0.6 is 0 Å². The molecular formula is C16H20N6O. The number of carbonyl (C=O) groups excluding carboxylic acids is 1. The molecule has 0 spiro atoms. The van der Waals surface area contributed by atoms with Crippen LogP contribution in [0, 0.1) is 13.8 Å². The fourth-order valence-corrected chi connectivity index (χ4v) is 2.76. The SMILES string of the molecule is Cc1cc(C)nc(N2CCC(NC(=O)c3ccncn3)CC2)n1. The van der Waals surface area contributed by atoms with Gasteiger partial charge in [-0.1, -0.05) is 0 Å². The van der Waals surface area contributed by atoms with E-state index in [-0.39, 0.29) is 11.9 Å². The van der Waals surface area contributed by atoms with E-state index in [0.29, 0.717) is 5.69 Å². The smallest absolute Gasteiger partial charge is 0.270 e. The summed E-state index contributed by atoms with van der Waals surface area (Å²) in [6, 6.07) is 3.74. The first-order valence-corrected chi connectivity index (χ1v) is 7.76. The number of rotatable bonds is 3. The maximum atomic E-state index is 12.1. The summed E-state index contributed by atoms with van der Waals surface area (Å²) in [5.74, 6) is 0.636. The minimum absolute atomic E-state index is 0.145. The first-order valence-electron chi connectivity index (χ1n) is 7.76. The van der Waals surface area contributed by atoms with Gasteiger partial charge in [0.05, 0.1) is 0 Å². The predicted molar refractivity (Wildman–Crippen MR) is 86.2 cm³/mol. The van der Waals surface area contributed by atoms with Crippen LogP contribution in [0.2, 0.25) is 0 Å². The fraction of sp³-hybridized carbons (Fsp3) is 0.438. The standard InChI is InChI=1S/C16H20N6O/c1-11-9-12(2)20-16(19-11)22-7-4-13(5-8-22)21-15(23)14-3-6-17-10-18-14/h3,6,9-10,13H,4-5,7-8H2,1-2H3,(H,21,23). The van der Waals surface area contributed by atoms with Crippen LogP contribution in [0.3, 0.4) is 0 Å². The average molecular weight is 312 g/mol. The van der Waals surface area contributed by atoms with Crippen molar-refractivity contribution >= 4 is 11.9 Å². The number of nitrogens with zero attached hydrogens (tertiary/aromatic N) is 5. The van der Waals surface area contributed by atoms with Crippen molar-refractivity contribution < 1.29 is 4.79 Å². The third-order valence-electron chi connectivity index (χ3n) is 3.90. The van der Waals surface area contributed by atoms with Gasteiger partial charge >= 0.3 is 0 Å². The normalized spacial score (nSPS) is 15.5. The van der Waals surface area contributed by atoms with Crippen LogP contribution in [0.25, 0.3) is 0 Å². The molecule has 0 unspecified atom stereocenters. The zero-order valence-corrected chi connectivity index (χ0v) is 13.4. The van der Waals surface area contributed by atoms with Crippen LogP contribution < -0.4 is 10.2 Å². The molecule has 7 heteroatoms. The van der Waals surface area contributed by atoms with Crippen LogP contribution in [-0.2, 0) is 0 Å². The van der Waals surface area contributed by atoms with E-state index in [2.05, 4.69) is 30.2 Å². The molecular weight excluding hydrogens is 292 g/mol. The zero-order chi connectivity index (χ0) is 16.2. The minimum atomic E-state index is -0.145. The van der Waals surface area contributed by atoms with E-state index >= 15 is 0 Å². The Morgan fingerprint density at radius 1 is 1.22 bits per heavy atom. The molecule has 1 aliphatic rings. The lowest BCUT2D eigenvalue weighted by Crippen LogP contribution is -2.45. The maximum absolute atomic E-state index is 12.1. The monoisotopic (exact) mass is 312 g/mol. The van der Waals surface area contributed by atoms with Crippen LogP contribution in [-0.4, -0.2) is 45.0 Å². The lowest BCUT2D eigenvalue weighted by atomic mass is 10.1. The van der Waals surface area contributed by atoms with Gasteiger partial charge in [0.25, 0.3) is 5.91 Å². The van der Waals surface area contributed by atoms with Gasteiger partial charge in [0, 0.05) is 36.7 Å². The van der Waals surface area contributed by atoms with E-state index in [4.69, 9.17) is 0 Å². The molecule has 1 amide bonds. The molecule has 0 bridgehead atoms. The van der Waals surface area contributed by atoms with Gasteiger partial charge in [0.1, 0.15) is 12.0 Å². The molecule has 0 aromatic carbocycles. The Balaban J connectivity index is 1.57. The lowest BCUT2D eigenvalue weighted by Gasteiger charge is -2.32. The highest BCUT2D eigenvalue weighted by Crippen LogP contribution is 2.17. The number of nitrogens with one attached hydrogen (secondary N) is 1. The summed E-state index contributed by atoms with van der Waals surface area (Å²) in [7, 11) is 0. The second-order valence-corrected chi connectivity index (χ2v) is 5.78. The van der Waals surface area contributed by atoms with Crippen LogP contribution in [0.15, 0.2) is 24.7 Å². The van der Waals surface area contributed by atoms with E-state index in [1.54, 1.807) is 12.3 Å². The number of piperidine rings is 1. The van der Waals surface area contributed by atoms with Crippen molar-refractivity contribution in [3.63, 3.8) is 0 Å². The van der Waals surface area contributed by atoms with E-state index in [9.17, 15) is 4.79 Å². The van der Waals surface area contributed by atoms with Crippen molar-refractivity contribution in [2.45, 2.75) is 32.7 Å². The summed E-state index contributed by atoms with van der Waals surface area (Å²) < 4.78 is 0. The van der Waals surface area contributed by atoms with Gasteiger partial charge in [-0.15, -0.1) is 0 Å². The molecule has 23 heavy (non-hydrogen) atoms. The van der Waals surface area contributed by atoms with Gasteiger partial charge < -0.3 is 10.2 Å². The number of anilines is 1. The predicted octanol–water partition coefficient (Wildman–Crippen LogP) is 1.28. The number of hydrogen-bond acceptors (Lipinski definition) is 6. The topological polar surface area (TPSA) is 83.9 Å². The molecule has 1 N–H and O–H groups in total.